The van der Waals surface area contributed by atoms with Crippen molar-refractivity contribution in [3.8, 4) is 22.8 Å². The van der Waals surface area contributed by atoms with E-state index in [4.69, 9.17) is 32.2 Å². The summed E-state index contributed by atoms with van der Waals surface area (Å²) < 4.78 is 12.3. The van der Waals surface area contributed by atoms with Crippen LogP contribution in [0.2, 0.25) is 10.0 Å². The Morgan fingerprint density at radius 1 is 0.667 bits per heavy atom. The molecule has 0 bridgehead atoms. The largest absolute Gasteiger partial charge is 0.338 e. The first-order valence-corrected chi connectivity index (χ1v) is 12.9. The SMILES string of the molecule is Clc1ccc(-c2noc(CSc3nnc(SCc4nc(-c5ccc(Cl)cc5)no4)s3)n2)cc1. The van der Waals surface area contributed by atoms with E-state index >= 15 is 0 Å². The molecule has 0 amide bonds. The third-order valence-electron chi connectivity index (χ3n) is 4.17. The van der Waals surface area contributed by atoms with Crippen molar-refractivity contribution in [2.24, 2.45) is 0 Å². The molecule has 0 spiro atoms. The minimum absolute atomic E-state index is 0.494. The molecular weight excluding hydrogens is 523 g/mol. The fourth-order valence-corrected chi connectivity index (χ4v) is 5.57. The van der Waals surface area contributed by atoms with Crippen LogP contribution in [0.5, 0.6) is 0 Å². The van der Waals surface area contributed by atoms with Crippen LogP contribution in [0.3, 0.4) is 0 Å². The summed E-state index contributed by atoms with van der Waals surface area (Å²) >= 11 is 16.3. The van der Waals surface area contributed by atoms with E-state index in [2.05, 4.69) is 30.5 Å². The molecule has 0 aliphatic heterocycles. The van der Waals surface area contributed by atoms with Gasteiger partial charge in [0, 0.05) is 21.2 Å². The van der Waals surface area contributed by atoms with Crippen molar-refractivity contribution in [2.75, 3.05) is 0 Å². The summed E-state index contributed by atoms with van der Waals surface area (Å²) in [5, 5.41) is 17.8. The van der Waals surface area contributed by atoms with Gasteiger partial charge in [0.1, 0.15) is 0 Å². The standard InChI is InChI=1S/C20H12Cl2N6O2S3/c21-13-5-1-11(2-6-13)17-23-15(29-27-17)9-31-19-25-26-20(33-19)32-10-16-24-18(28-30-16)12-3-7-14(22)8-4-12/h1-8H,9-10H2. The van der Waals surface area contributed by atoms with E-state index in [0.29, 0.717) is 45.0 Å². The van der Waals surface area contributed by atoms with Gasteiger partial charge in [0.25, 0.3) is 0 Å². The second-order valence-electron chi connectivity index (χ2n) is 6.45. The maximum Gasteiger partial charge on any atom is 0.237 e. The maximum atomic E-state index is 5.92. The van der Waals surface area contributed by atoms with E-state index in [0.717, 1.165) is 19.8 Å². The molecule has 5 aromatic rings. The Bertz CT molecular complexity index is 1250. The van der Waals surface area contributed by atoms with E-state index in [-0.39, 0.29) is 0 Å². The summed E-state index contributed by atoms with van der Waals surface area (Å²) in [5.74, 6) is 3.05. The molecule has 3 heterocycles. The van der Waals surface area contributed by atoms with Gasteiger partial charge in [0.15, 0.2) is 8.68 Å². The van der Waals surface area contributed by atoms with Gasteiger partial charge in [-0.05, 0) is 48.5 Å². The highest BCUT2D eigenvalue weighted by Crippen LogP contribution is 2.32. The summed E-state index contributed by atoms with van der Waals surface area (Å²) in [4.78, 5) is 8.83. The molecule has 0 atom stereocenters. The molecule has 13 heteroatoms. The highest BCUT2D eigenvalue weighted by atomic mass is 35.5. The van der Waals surface area contributed by atoms with Gasteiger partial charge in [0.2, 0.25) is 23.4 Å². The van der Waals surface area contributed by atoms with E-state index in [1.165, 1.54) is 34.9 Å². The van der Waals surface area contributed by atoms with Gasteiger partial charge in [-0.15, -0.1) is 10.2 Å². The zero-order chi connectivity index (χ0) is 22.6. The van der Waals surface area contributed by atoms with Crippen LogP contribution >= 0.6 is 58.1 Å². The van der Waals surface area contributed by atoms with Crippen LogP contribution in [0.15, 0.2) is 66.3 Å². The molecule has 8 nitrogen and oxygen atoms in total. The number of nitrogens with zero attached hydrogens (tertiary/aromatic N) is 6. The first-order chi connectivity index (χ1) is 16.1. The Kier molecular flexibility index (Phi) is 6.93. The Hall–Kier alpha value is -2.44. The highest BCUT2D eigenvalue weighted by Gasteiger charge is 2.13. The van der Waals surface area contributed by atoms with Crippen LogP contribution in [0.4, 0.5) is 0 Å². The summed E-state index contributed by atoms with van der Waals surface area (Å²) in [6.07, 6.45) is 0. The number of thioether (sulfide) groups is 2. The van der Waals surface area contributed by atoms with E-state index in [1.807, 2.05) is 24.3 Å². The minimum atomic E-state index is 0.494. The predicted octanol–water partition coefficient (Wildman–Crippen LogP) is 6.53. The quantitative estimate of drug-likeness (QED) is 0.204. The Morgan fingerprint density at radius 2 is 1.09 bits per heavy atom. The number of benzene rings is 2. The molecular formula is C20H12Cl2N6O2S3. The molecule has 0 saturated heterocycles. The molecule has 5 rings (SSSR count). The van der Waals surface area contributed by atoms with Crippen LogP contribution in [-0.4, -0.2) is 30.5 Å². The highest BCUT2D eigenvalue weighted by molar-refractivity contribution is 8.02. The fraction of sp³-hybridized carbons (Fsp3) is 0.100. The van der Waals surface area contributed by atoms with Crippen LogP contribution in [0.25, 0.3) is 22.8 Å². The summed E-state index contributed by atoms with van der Waals surface area (Å²) in [7, 11) is 0. The lowest BCUT2D eigenvalue weighted by Gasteiger charge is -1.93. The molecule has 0 saturated carbocycles. The third kappa shape index (κ3) is 5.74. The lowest BCUT2D eigenvalue weighted by molar-refractivity contribution is 0.391. The van der Waals surface area contributed by atoms with Crippen molar-refractivity contribution >= 4 is 58.1 Å². The second-order valence-corrected chi connectivity index (χ2v) is 10.7. The van der Waals surface area contributed by atoms with E-state index < -0.39 is 0 Å². The normalized spacial score (nSPS) is 11.2. The number of halogens is 2. The molecule has 0 N–H and O–H groups in total. The van der Waals surface area contributed by atoms with Crippen molar-refractivity contribution in [2.45, 2.75) is 20.2 Å². The van der Waals surface area contributed by atoms with Crippen LogP contribution in [0.1, 0.15) is 11.8 Å². The first-order valence-electron chi connectivity index (χ1n) is 9.38. The van der Waals surface area contributed by atoms with Gasteiger partial charge in [-0.1, -0.05) is 68.4 Å². The number of hydrogen-bond acceptors (Lipinski definition) is 11. The van der Waals surface area contributed by atoms with Crippen molar-refractivity contribution in [3.05, 3.63) is 70.4 Å². The van der Waals surface area contributed by atoms with E-state index in [9.17, 15) is 0 Å². The molecule has 3 aromatic heterocycles. The monoisotopic (exact) mass is 534 g/mol. The molecule has 0 unspecified atom stereocenters. The molecule has 33 heavy (non-hydrogen) atoms. The topological polar surface area (TPSA) is 104 Å². The summed E-state index contributed by atoms with van der Waals surface area (Å²) in [6, 6.07) is 14.5. The summed E-state index contributed by atoms with van der Waals surface area (Å²) in [5.41, 5.74) is 1.68. The molecule has 2 aromatic carbocycles. The molecule has 0 aliphatic carbocycles. The molecule has 0 radical (unpaired) electrons. The predicted molar refractivity (Wildman–Crippen MR) is 129 cm³/mol. The van der Waals surface area contributed by atoms with Gasteiger partial charge in [-0.25, -0.2) is 0 Å². The zero-order valence-electron chi connectivity index (χ0n) is 16.5. The van der Waals surface area contributed by atoms with Gasteiger partial charge in [-0.3, -0.25) is 0 Å². The number of rotatable bonds is 8. The lowest BCUT2D eigenvalue weighted by Crippen LogP contribution is -1.83. The average molecular weight is 535 g/mol. The third-order valence-corrected chi connectivity index (χ3v) is 7.83. The van der Waals surface area contributed by atoms with Gasteiger partial charge < -0.3 is 9.05 Å². The minimum Gasteiger partial charge on any atom is -0.338 e. The van der Waals surface area contributed by atoms with Gasteiger partial charge in [-0.2, -0.15) is 9.97 Å². The second kappa shape index (κ2) is 10.2. The van der Waals surface area contributed by atoms with Crippen molar-refractivity contribution in [3.63, 3.8) is 0 Å². The van der Waals surface area contributed by atoms with Crippen molar-refractivity contribution in [1.82, 2.24) is 30.5 Å². The van der Waals surface area contributed by atoms with Crippen LogP contribution in [0, 0.1) is 0 Å². The molecule has 166 valence electrons. The van der Waals surface area contributed by atoms with Crippen molar-refractivity contribution in [1.29, 1.82) is 0 Å². The fourth-order valence-electron chi connectivity index (χ4n) is 2.62. The maximum absolute atomic E-state index is 5.92. The smallest absolute Gasteiger partial charge is 0.237 e. The van der Waals surface area contributed by atoms with Gasteiger partial charge >= 0.3 is 0 Å². The molecule has 0 aliphatic rings. The zero-order valence-corrected chi connectivity index (χ0v) is 20.5. The van der Waals surface area contributed by atoms with Crippen LogP contribution in [-0.2, 0) is 11.5 Å². The van der Waals surface area contributed by atoms with E-state index in [1.54, 1.807) is 24.3 Å². The van der Waals surface area contributed by atoms with Crippen molar-refractivity contribution < 1.29 is 9.05 Å². The van der Waals surface area contributed by atoms with Gasteiger partial charge in [0.05, 0.1) is 11.5 Å². The molecule has 0 fully saturated rings. The average Bonchev–Trinajstić information content (AvgIpc) is 3.58. The summed E-state index contributed by atoms with van der Waals surface area (Å²) in [6.45, 7) is 0. The number of hydrogen-bond donors (Lipinski definition) is 0. The Balaban J connectivity index is 1.14. The first kappa shape index (κ1) is 22.4. The Labute approximate surface area is 210 Å². The number of aromatic nitrogens is 6. The lowest BCUT2D eigenvalue weighted by atomic mass is 10.2. The Morgan fingerprint density at radius 3 is 1.52 bits per heavy atom. The van der Waals surface area contributed by atoms with Crippen LogP contribution < -0.4 is 0 Å².